The first kappa shape index (κ1) is 39.4. The number of rotatable bonds is 17. The molecule has 0 spiro atoms. The third-order valence-corrected chi connectivity index (χ3v) is 9.27. The topological polar surface area (TPSA) is 120 Å². The van der Waals surface area contributed by atoms with Crippen molar-refractivity contribution in [3.63, 3.8) is 0 Å². The molecule has 1 aliphatic heterocycles. The fourth-order valence-electron chi connectivity index (χ4n) is 5.54. The summed E-state index contributed by atoms with van der Waals surface area (Å²) in [5, 5.41) is 12.3. The fourth-order valence-corrected chi connectivity index (χ4v) is 6.47. The minimum atomic E-state index is -1.12. The van der Waals surface area contributed by atoms with Crippen LogP contribution in [0.25, 0.3) is 0 Å². The molecule has 15 heteroatoms. The van der Waals surface area contributed by atoms with Crippen molar-refractivity contribution in [1.82, 2.24) is 9.13 Å². The number of aryl methyl sites for hydroxylation is 1. The number of benzene rings is 3. The number of aliphatic hydroxyl groups is 1. The maximum atomic E-state index is 14.0. The van der Waals surface area contributed by atoms with Gasteiger partial charge in [0.2, 0.25) is 0 Å². The predicted octanol–water partition coefficient (Wildman–Crippen LogP) is 6.20. The van der Waals surface area contributed by atoms with Gasteiger partial charge in [-0.25, -0.2) is 9.36 Å². The second kappa shape index (κ2) is 18.8. The average Bonchev–Trinajstić information content (AvgIpc) is 3.44. The average molecular weight is 785 g/mol. The zero-order valence-electron chi connectivity index (χ0n) is 27.9. The molecule has 0 unspecified atom stereocenters. The minimum Gasteiger partial charge on any atom is -0.388 e. The Morgan fingerprint density at radius 1 is 0.824 bits per heavy atom. The Morgan fingerprint density at radius 2 is 1.49 bits per heavy atom. The summed E-state index contributed by atoms with van der Waals surface area (Å²) < 4.78 is 38.4. The molecule has 1 aliphatic rings. The van der Waals surface area contributed by atoms with Crippen LogP contribution in [0.2, 0.25) is 20.1 Å². The van der Waals surface area contributed by atoms with Crippen LogP contribution in [0.1, 0.15) is 28.5 Å². The smallest absolute Gasteiger partial charge is 0.335 e. The lowest BCUT2D eigenvalue weighted by Gasteiger charge is -2.27. The summed E-state index contributed by atoms with van der Waals surface area (Å²) in [5.41, 5.74) is 1.29. The zero-order valence-corrected chi connectivity index (χ0v) is 30.9. The third-order valence-electron chi connectivity index (χ3n) is 8.10. The molecule has 0 amide bonds. The van der Waals surface area contributed by atoms with Crippen molar-refractivity contribution < 1.29 is 33.5 Å². The molecule has 1 fully saturated rings. The predicted molar refractivity (Wildman–Crippen MR) is 194 cm³/mol. The maximum Gasteiger partial charge on any atom is 0.335 e. The number of nitrogens with zero attached hydrogens (tertiary/aromatic N) is 2. The highest BCUT2D eigenvalue weighted by Crippen LogP contribution is 2.35. The van der Waals surface area contributed by atoms with Gasteiger partial charge in [-0.3, -0.25) is 9.36 Å². The largest absolute Gasteiger partial charge is 0.388 e. The van der Waals surface area contributed by atoms with Gasteiger partial charge in [-0.05, 0) is 47.9 Å². The monoisotopic (exact) mass is 782 g/mol. The van der Waals surface area contributed by atoms with Crippen molar-refractivity contribution in [2.75, 3.05) is 26.9 Å². The van der Waals surface area contributed by atoms with Crippen LogP contribution in [-0.4, -0.2) is 65.6 Å². The van der Waals surface area contributed by atoms with Gasteiger partial charge in [0.15, 0.2) is 6.23 Å². The number of hydrogen-bond acceptors (Lipinski definition) is 9. The third kappa shape index (κ3) is 10.4. The van der Waals surface area contributed by atoms with E-state index in [9.17, 15) is 14.7 Å². The molecule has 0 radical (unpaired) electrons. The molecule has 51 heavy (non-hydrogen) atoms. The van der Waals surface area contributed by atoms with E-state index in [2.05, 4.69) is 0 Å². The van der Waals surface area contributed by atoms with Gasteiger partial charge in [0, 0.05) is 39.0 Å². The van der Waals surface area contributed by atoms with Crippen molar-refractivity contribution in [3.05, 3.63) is 136 Å². The lowest BCUT2D eigenvalue weighted by Crippen LogP contribution is -2.46. The number of ether oxygens (including phenoxy) is 6. The van der Waals surface area contributed by atoms with E-state index in [1.54, 1.807) is 43.3 Å². The quantitative estimate of drug-likeness (QED) is 0.134. The van der Waals surface area contributed by atoms with Crippen LogP contribution in [0.15, 0.2) is 82.5 Å². The van der Waals surface area contributed by atoms with Gasteiger partial charge in [0.05, 0.1) is 39.6 Å². The molecule has 274 valence electrons. The zero-order chi connectivity index (χ0) is 36.5. The number of methoxy groups -OCH3 is 1. The Hall–Kier alpha value is -2.78. The number of aliphatic hydroxyl groups excluding tert-OH is 1. The summed E-state index contributed by atoms with van der Waals surface area (Å²) >= 11 is 25.0. The molecule has 1 N–H and O–H groups in total. The Morgan fingerprint density at radius 3 is 2.14 bits per heavy atom. The van der Waals surface area contributed by atoms with E-state index in [-0.39, 0.29) is 51.9 Å². The summed E-state index contributed by atoms with van der Waals surface area (Å²) in [6.45, 7) is 1.43. The van der Waals surface area contributed by atoms with Crippen molar-refractivity contribution in [2.24, 2.45) is 0 Å². The number of aromatic nitrogens is 2. The molecule has 0 saturated carbocycles. The first-order valence-corrected chi connectivity index (χ1v) is 17.5. The van der Waals surface area contributed by atoms with Crippen molar-refractivity contribution in [2.45, 2.75) is 64.1 Å². The van der Waals surface area contributed by atoms with E-state index < -0.39 is 41.9 Å². The molecule has 11 nitrogen and oxygen atoms in total. The lowest BCUT2D eigenvalue weighted by molar-refractivity contribution is -0.111. The minimum absolute atomic E-state index is 0.00122. The standard InChI is InChI=1S/C36H38Cl4N2O9/c1-22-14-41(36(45)42(34(22)44)21-48-15-23-6-4-3-5-7-23)35-33(50-19-28(43)18-46-2)32(49-17-25-9-11-27(38)13-30(25)40)31(51-35)20-47-16-24-8-10-26(37)12-29(24)39/h3-14,28,31-33,35,43H,15-21H2,1-2H3/t28-,31-,32-,33-,35-/m1/s1. The van der Waals surface area contributed by atoms with E-state index in [1.165, 1.54) is 17.9 Å². The summed E-state index contributed by atoms with van der Waals surface area (Å²) in [5.74, 6) is 0. The van der Waals surface area contributed by atoms with Crippen LogP contribution in [0.5, 0.6) is 0 Å². The van der Waals surface area contributed by atoms with Crippen LogP contribution in [0, 0.1) is 6.92 Å². The molecule has 5 rings (SSSR count). The first-order chi connectivity index (χ1) is 24.5. The molecule has 0 bridgehead atoms. The van der Waals surface area contributed by atoms with Gasteiger partial charge < -0.3 is 33.5 Å². The lowest BCUT2D eigenvalue weighted by atomic mass is 10.1. The Labute approximate surface area is 315 Å². The van der Waals surface area contributed by atoms with Gasteiger partial charge in [-0.2, -0.15) is 0 Å². The first-order valence-electron chi connectivity index (χ1n) is 16.0. The van der Waals surface area contributed by atoms with E-state index in [0.29, 0.717) is 31.2 Å². The van der Waals surface area contributed by atoms with E-state index in [1.807, 2.05) is 30.3 Å². The molecule has 4 aromatic rings. The van der Waals surface area contributed by atoms with Gasteiger partial charge in [0.25, 0.3) is 5.56 Å². The van der Waals surface area contributed by atoms with Crippen molar-refractivity contribution >= 4 is 46.4 Å². The van der Waals surface area contributed by atoms with Crippen molar-refractivity contribution in [3.8, 4) is 0 Å². The highest BCUT2D eigenvalue weighted by Gasteiger charge is 2.48. The maximum absolute atomic E-state index is 14.0. The highest BCUT2D eigenvalue weighted by atomic mass is 35.5. The molecule has 0 aliphatic carbocycles. The van der Waals surface area contributed by atoms with E-state index >= 15 is 0 Å². The highest BCUT2D eigenvalue weighted by molar-refractivity contribution is 6.35. The molecule has 1 saturated heterocycles. The summed E-state index contributed by atoms with van der Waals surface area (Å²) in [7, 11) is 1.46. The molecule has 5 atom stereocenters. The van der Waals surface area contributed by atoms with Crippen LogP contribution >= 0.6 is 46.4 Å². The number of hydrogen-bond donors (Lipinski definition) is 1. The van der Waals surface area contributed by atoms with E-state index in [4.69, 9.17) is 74.8 Å². The van der Waals surface area contributed by atoms with Crippen LogP contribution in [0.3, 0.4) is 0 Å². The molecular weight excluding hydrogens is 746 g/mol. The van der Waals surface area contributed by atoms with Crippen LogP contribution in [0.4, 0.5) is 0 Å². The van der Waals surface area contributed by atoms with Crippen LogP contribution < -0.4 is 11.2 Å². The van der Waals surface area contributed by atoms with Gasteiger partial charge >= 0.3 is 5.69 Å². The fraction of sp³-hybridized carbons (Fsp3) is 0.389. The number of halogens is 4. The van der Waals surface area contributed by atoms with Crippen molar-refractivity contribution in [1.29, 1.82) is 0 Å². The SMILES string of the molecule is COC[C@@H](O)CO[C@@H]1[C@H](OCc2ccc(Cl)cc2Cl)[C@@H](COCc2ccc(Cl)cc2Cl)O[C@H]1n1cc(C)c(=O)n(COCc2ccccc2)c1=O. The second-order valence-electron chi connectivity index (χ2n) is 11.9. The van der Waals surface area contributed by atoms with Crippen LogP contribution in [-0.2, 0) is 55.0 Å². The molecule has 3 aromatic carbocycles. The Balaban J connectivity index is 1.46. The Kier molecular flexibility index (Phi) is 14.5. The second-order valence-corrected chi connectivity index (χ2v) is 13.6. The normalized spacial score (nSPS) is 19.4. The molecule has 1 aromatic heterocycles. The molecule has 2 heterocycles. The Bertz CT molecular complexity index is 1870. The van der Waals surface area contributed by atoms with E-state index in [0.717, 1.165) is 10.1 Å². The molecular formula is C36H38Cl4N2O9. The summed E-state index contributed by atoms with van der Waals surface area (Å²) in [6.07, 6.45) is -3.36. The summed E-state index contributed by atoms with van der Waals surface area (Å²) in [6, 6.07) is 19.5. The van der Waals surface area contributed by atoms with Gasteiger partial charge in [-0.15, -0.1) is 0 Å². The summed E-state index contributed by atoms with van der Waals surface area (Å²) in [4.78, 5) is 27.2. The van der Waals surface area contributed by atoms with Gasteiger partial charge in [-0.1, -0.05) is 88.9 Å². The van der Waals surface area contributed by atoms with Gasteiger partial charge in [0.1, 0.15) is 31.1 Å².